The van der Waals surface area contributed by atoms with Crippen LogP contribution in [-0.4, -0.2) is 51.5 Å². The number of halogens is 1. The van der Waals surface area contributed by atoms with Crippen molar-refractivity contribution in [1.29, 1.82) is 0 Å². The number of aromatic amines is 1. The van der Waals surface area contributed by atoms with Crippen LogP contribution in [0.5, 0.6) is 11.5 Å². The lowest BCUT2D eigenvalue weighted by molar-refractivity contribution is -0.0409. The lowest BCUT2D eigenvalue weighted by Gasteiger charge is -2.36. The van der Waals surface area contributed by atoms with Crippen LogP contribution in [0.2, 0.25) is 0 Å². The summed E-state index contributed by atoms with van der Waals surface area (Å²) in [5, 5.41) is 10.7. The first-order valence-electron chi connectivity index (χ1n) is 11.3. The van der Waals surface area contributed by atoms with Crippen LogP contribution >= 0.6 is 0 Å². The first-order chi connectivity index (χ1) is 16.4. The van der Waals surface area contributed by atoms with Gasteiger partial charge in [0.15, 0.2) is 12.4 Å². The normalized spacial score (nSPS) is 24.0. The summed E-state index contributed by atoms with van der Waals surface area (Å²) in [5.74, 6) is 1.47. The monoisotopic (exact) mass is 467 g/mol. The Kier molecular flexibility index (Phi) is 5.85. The molecule has 1 aromatic heterocycles. The van der Waals surface area contributed by atoms with Crippen LogP contribution in [0.4, 0.5) is 4.39 Å². The van der Waals surface area contributed by atoms with Crippen LogP contribution in [-0.2, 0) is 11.2 Å². The van der Waals surface area contributed by atoms with E-state index in [-0.39, 0.29) is 12.6 Å². The minimum Gasteiger partial charge on any atom is -0.457 e. The van der Waals surface area contributed by atoms with Crippen LogP contribution in [0.25, 0.3) is 0 Å². The standard InChI is InChI=1S/C25H26FN3O5/c1-3-14-12-29(25(32)27-23(14)31)24-20(26)22(30)19(34-24)13-28(2)21-15-8-4-6-10-17(15)33-18-11-7-5-9-16(18)21/h4-12,19-22,24,30H,3,13H2,1-2H3,(H,27,31,32)/t19-,20+,22-,24-/m1/s1. The first-order valence-corrected chi connectivity index (χ1v) is 11.3. The van der Waals surface area contributed by atoms with Gasteiger partial charge in [0.05, 0.1) is 6.04 Å². The zero-order chi connectivity index (χ0) is 24.0. The predicted molar refractivity (Wildman–Crippen MR) is 123 cm³/mol. The van der Waals surface area contributed by atoms with Gasteiger partial charge in [-0.3, -0.25) is 19.2 Å². The van der Waals surface area contributed by atoms with Crippen molar-refractivity contribution in [1.82, 2.24) is 14.5 Å². The second-order valence-corrected chi connectivity index (χ2v) is 8.69. The molecule has 2 aromatic carbocycles. The quantitative estimate of drug-likeness (QED) is 0.599. The van der Waals surface area contributed by atoms with E-state index < -0.39 is 35.9 Å². The second-order valence-electron chi connectivity index (χ2n) is 8.69. The van der Waals surface area contributed by atoms with Gasteiger partial charge in [-0.15, -0.1) is 0 Å². The maximum atomic E-state index is 15.1. The highest BCUT2D eigenvalue weighted by atomic mass is 19.1. The number of ether oxygens (including phenoxy) is 2. The molecule has 0 aliphatic carbocycles. The number of likely N-dealkylation sites (N-methyl/N-ethyl adjacent to an activating group) is 1. The van der Waals surface area contributed by atoms with Gasteiger partial charge in [-0.1, -0.05) is 43.3 Å². The van der Waals surface area contributed by atoms with Crippen molar-refractivity contribution < 1.29 is 19.0 Å². The van der Waals surface area contributed by atoms with E-state index in [0.717, 1.165) is 27.2 Å². The summed E-state index contributed by atoms with van der Waals surface area (Å²) >= 11 is 0. The van der Waals surface area contributed by atoms with E-state index in [9.17, 15) is 14.7 Å². The molecule has 34 heavy (non-hydrogen) atoms. The third kappa shape index (κ3) is 3.75. The summed E-state index contributed by atoms with van der Waals surface area (Å²) in [5.41, 5.74) is 0.956. The average molecular weight is 467 g/mol. The van der Waals surface area contributed by atoms with E-state index >= 15 is 4.39 Å². The molecular weight excluding hydrogens is 441 g/mol. The molecule has 0 amide bonds. The number of hydrogen-bond acceptors (Lipinski definition) is 6. The number of H-pyrrole nitrogens is 1. The summed E-state index contributed by atoms with van der Waals surface area (Å²) in [4.78, 5) is 28.4. The molecule has 1 saturated heterocycles. The third-order valence-electron chi connectivity index (χ3n) is 6.55. The molecular formula is C25H26FN3O5. The number of alkyl halides is 1. The van der Waals surface area contributed by atoms with E-state index in [1.54, 1.807) is 6.92 Å². The molecule has 3 aromatic rings. The number of rotatable bonds is 5. The Morgan fingerprint density at radius 1 is 1.09 bits per heavy atom. The zero-order valence-electron chi connectivity index (χ0n) is 18.8. The topological polar surface area (TPSA) is 96.8 Å². The second kappa shape index (κ2) is 8.83. The fraction of sp³-hybridized carbons (Fsp3) is 0.360. The van der Waals surface area contributed by atoms with Gasteiger partial charge in [0, 0.05) is 29.4 Å². The van der Waals surface area contributed by atoms with E-state index in [4.69, 9.17) is 9.47 Å². The number of para-hydroxylation sites is 2. The van der Waals surface area contributed by atoms with Gasteiger partial charge in [-0.25, -0.2) is 9.18 Å². The fourth-order valence-electron chi connectivity index (χ4n) is 4.80. The van der Waals surface area contributed by atoms with Crippen molar-refractivity contribution in [2.45, 2.75) is 44.0 Å². The zero-order valence-corrected chi connectivity index (χ0v) is 18.8. The third-order valence-corrected chi connectivity index (χ3v) is 6.55. The molecule has 178 valence electrons. The lowest BCUT2D eigenvalue weighted by atomic mass is 9.93. The number of benzene rings is 2. The molecule has 3 heterocycles. The first kappa shape index (κ1) is 22.5. The van der Waals surface area contributed by atoms with Crippen molar-refractivity contribution in [2.75, 3.05) is 13.6 Å². The summed E-state index contributed by atoms with van der Waals surface area (Å²) in [6, 6.07) is 15.2. The van der Waals surface area contributed by atoms with Gasteiger partial charge >= 0.3 is 5.69 Å². The Labute approximate surface area is 195 Å². The summed E-state index contributed by atoms with van der Waals surface area (Å²) in [6.45, 7) is 1.96. The van der Waals surface area contributed by atoms with Gasteiger partial charge in [-0.2, -0.15) is 0 Å². The van der Waals surface area contributed by atoms with Crippen LogP contribution in [0.1, 0.15) is 35.9 Å². The molecule has 0 unspecified atom stereocenters. The van der Waals surface area contributed by atoms with E-state index in [2.05, 4.69) is 4.98 Å². The van der Waals surface area contributed by atoms with Gasteiger partial charge in [-0.05, 0) is 25.6 Å². The number of fused-ring (bicyclic) bond motifs is 2. The van der Waals surface area contributed by atoms with Crippen LogP contribution in [0.15, 0.2) is 64.3 Å². The predicted octanol–water partition coefficient (Wildman–Crippen LogP) is 2.52. The van der Waals surface area contributed by atoms with Gasteiger partial charge in [0.1, 0.15) is 23.7 Å². The maximum Gasteiger partial charge on any atom is 0.330 e. The molecule has 5 rings (SSSR count). The van der Waals surface area contributed by atoms with Crippen molar-refractivity contribution >= 4 is 0 Å². The molecule has 8 nitrogen and oxygen atoms in total. The van der Waals surface area contributed by atoms with Crippen molar-refractivity contribution in [3.8, 4) is 11.5 Å². The molecule has 4 atom stereocenters. The fourth-order valence-corrected chi connectivity index (χ4v) is 4.80. The number of nitrogens with zero attached hydrogens (tertiary/aromatic N) is 2. The number of aryl methyl sites for hydroxylation is 1. The highest BCUT2D eigenvalue weighted by Gasteiger charge is 2.46. The molecule has 0 saturated carbocycles. The SMILES string of the molecule is CCc1cn([C@@H]2O[C@H](CN(C)C3c4ccccc4Oc4ccccc43)[C@@H](O)[C@@H]2F)c(=O)[nH]c1=O. The largest absolute Gasteiger partial charge is 0.457 e. The van der Waals surface area contributed by atoms with Gasteiger partial charge in [0.25, 0.3) is 5.56 Å². The Hall–Kier alpha value is -3.27. The molecule has 2 aliphatic heterocycles. The Morgan fingerprint density at radius 3 is 2.32 bits per heavy atom. The minimum absolute atomic E-state index is 0.198. The summed E-state index contributed by atoms with van der Waals surface area (Å²) in [6.07, 6.45) is -3.82. The number of nitrogens with one attached hydrogen (secondary N) is 1. The molecule has 0 radical (unpaired) electrons. The molecule has 1 fully saturated rings. The minimum atomic E-state index is -1.83. The van der Waals surface area contributed by atoms with Crippen LogP contribution in [0, 0.1) is 0 Å². The van der Waals surface area contributed by atoms with Crippen LogP contribution < -0.4 is 16.0 Å². The number of hydrogen-bond donors (Lipinski definition) is 2. The maximum absolute atomic E-state index is 15.1. The molecule has 9 heteroatoms. The Balaban J connectivity index is 1.43. The number of aliphatic hydroxyl groups excluding tert-OH is 1. The molecule has 0 spiro atoms. The number of aromatic nitrogens is 2. The van der Waals surface area contributed by atoms with Gasteiger partial charge in [0.2, 0.25) is 0 Å². The molecule has 2 N–H and O–H groups in total. The summed E-state index contributed by atoms with van der Waals surface area (Å²) in [7, 11) is 1.88. The highest BCUT2D eigenvalue weighted by molar-refractivity contribution is 5.52. The van der Waals surface area contributed by atoms with Crippen LogP contribution in [0.3, 0.4) is 0 Å². The smallest absolute Gasteiger partial charge is 0.330 e. The summed E-state index contributed by atoms with van der Waals surface area (Å²) < 4.78 is 28.1. The van der Waals surface area contributed by atoms with E-state index in [1.165, 1.54) is 6.20 Å². The lowest BCUT2D eigenvalue weighted by Crippen LogP contribution is -2.40. The van der Waals surface area contributed by atoms with Crippen molar-refractivity contribution in [3.05, 3.63) is 92.3 Å². The van der Waals surface area contributed by atoms with Gasteiger partial charge < -0.3 is 14.6 Å². The highest BCUT2D eigenvalue weighted by Crippen LogP contribution is 2.45. The van der Waals surface area contributed by atoms with Crippen molar-refractivity contribution in [3.63, 3.8) is 0 Å². The van der Waals surface area contributed by atoms with E-state index in [0.29, 0.717) is 12.0 Å². The average Bonchev–Trinajstić information content (AvgIpc) is 3.10. The Bertz CT molecular complexity index is 1280. The Morgan fingerprint density at radius 2 is 1.71 bits per heavy atom. The molecule has 0 bridgehead atoms. The van der Waals surface area contributed by atoms with E-state index in [1.807, 2.05) is 60.5 Å². The number of aliphatic hydroxyl groups is 1. The molecule has 2 aliphatic rings. The van der Waals surface area contributed by atoms with Crippen molar-refractivity contribution in [2.24, 2.45) is 0 Å².